The number of nitrogens with one attached hydrogen (secondary N) is 1. The highest BCUT2D eigenvalue weighted by Gasteiger charge is 2.35. The molecule has 1 aliphatic rings. The van der Waals surface area contributed by atoms with E-state index in [2.05, 4.69) is 5.32 Å². The first kappa shape index (κ1) is 12.1. The maximum atomic E-state index is 11.5. The second-order valence-corrected chi connectivity index (χ2v) is 4.27. The standard InChI is InChI=1S/C10H18N2O3/c1-6(2)8(13)5-11-7-4-9(14)12(3)10(7)15/h6-8,11,13H,4-5H2,1-3H3. The molecule has 0 aromatic carbocycles. The molecular formula is C10H18N2O3. The first-order valence-corrected chi connectivity index (χ1v) is 5.15. The highest BCUT2D eigenvalue weighted by atomic mass is 16.3. The molecule has 0 radical (unpaired) electrons. The summed E-state index contributed by atoms with van der Waals surface area (Å²) in [5.41, 5.74) is 0. The van der Waals surface area contributed by atoms with Crippen molar-refractivity contribution in [1.29, 1.82) is 0 Å². The van der Waals surface area contributed by atoms with E-state index in [1.54, 1.807) is 0 Å². The summed E-state index contributed by atoms with van der Waals surface area (Å²) >= 11 is 0. The lowest BCUT2D eigenvalue weighted by atomic mass is 10.1. The summed E-state index contributed by atoms with van der Waals surface area (Å²) in [5.74, 6) is -0.241. The molecule has 0 saturated carbocycles. The maximum Gasteiger partial charge on any atom is 0.246 e. The summed E-state index contributed by atoms with van der Waals surface area (Å²) in [6, 6.07) is -0.462. The maximum absolute atomic E-state index is 11.5. The van der Waals surface area contributed by atoms with E-state index in [9.17, 15) is 14.7 Å². The third-order valence-corrected chi connectivity index (χ3v) is 2.72. The van der Waals surface area contributed by atoms with Crippen molar-refractivity contribution in [2.75, 3.05) is 13.6 Å². The van der Waals surface area contributed by atoms with Gasteiger partial charge in [0.25, 0.3) is 0 Å². The largest absolute Gasteiger partial charge is 0.392 e. The minimum atomic E-state index is -0.487. The van der Waals surface area contributed by atoms with Crippen LogP contribution in [0.25, 0.3) is 0 Å². The van der Waals surface area contributed by atoms with Crippen LogP contribution in [-0.4, -0.2) is 47.6 Å². The van der Waals surface area contributed by atoms with E-state index < -0.39 is 12.1 Å². The lowest BCUT2D eigenvalue weighted by Crippen LogP contribution is -2.42. The quantitative estimate of drug-likeness (QED) is 0.610. The van der Waals surface area contributed by atoms with E-state index in [1.165, 1.54) is 7.05 Å². The number of rotatable bonds is 4. The van der Waals surface area contributed by atoms with Crippen LogP contribution in [0, 0.1) is 5.92 Å². The highest BCUT2D eigenvalue weighted by molar-refractivity contribution is 6.05. The normalized spacial score (nSPS) is 24.1. The summed E-state index contributed by atoms with van der Waals surface area (Å²) in [6.07, 6.45) is -0.293. The Morgan fingerprint density at radius 2 is 2.13 bits per heavy atom. The molecule has 2 unspecified atom stereocenters. The molecule has 5 heteroatoms. The van der Waals surface area contributed by atoms with Crippen molar-refractivity contribution >= 4 is 11.8 Å². The zero-order valence-corrected chi connectivity index (χ0v) is 9.36. The molecule has 0 spiro atoms. The predicted molar refractivity (Wildman–Crippen MR) is 55.0 cm³/mol. The van der Waals surface area contributed by atoms with Crippen molar-refractivity contribution in [2.45, 2.75) is 32.4 Å². The van der Waals surface area contributed by atoms with Gasteiger partial charge in [0.2, 0.25) is 11.8 Å². The van der Waals surface area contributed by atoms with Gasteiger partial charge in [-0.15, -0.1) is 0 Å². The van der Waals surface area contributed by atoms with Gasteiger partial charge in [-0.05, 0) is 5.92 Å². The number of imide groups is 1. The van der Waals surface area contributed by atoms with E-state index in [1.807, 2.05) is 13.8 Å². The zero-order chi connectivity index (χ0) is 11.6. The first-order chi connectivity index (χ1) is 6.93. The van der Waals surface area contributed by atoms with Gasteiger partial charge < -0.3 is 10.4 Å². The molecule has 5 nitrogen and oxygen atoms in total. The van der Waals surface area contributed by atoms with Crippen LogP contribution >= 0.6 is 0 Å². The Balaban J connectivity index is 2.41. The lowest BCUT2D eigenvalue weighted by Gasteiger charge is -2.17. The lowest BCUT2D eigenvalue weighted by molar-refractivity contribution is -0.137. The van der Waals surface area contributed by atoms with Crippen LogP contribution in [0.3, 0.4) is 0 Å². The van der Waals surface area contributed by atoms with Crippen LogP contribution < -0.4 is 5.32 Å². The first-order valence-electron chi connectivity index (χ1n) is 5.15. The monoisotopic (exact) mass is 214 g/mol. The molecule has 2 amide bonds. The van der Waals surface area contributed by atoms with Crippen LogP contribution in [0.15, 0.2) is 0 Å². The molecule has 1 aliphatic heterocycles. The number of hydrogen-bond acceptors (Lipinski definition) is 4. The van der Waals surface area contributed by atoms with Crippen LogP contribution in [-0.2, 0) is 9.59 Å². The Hall–Kier alpha value is -0.940. The number of carbonyl (C=O) groups excluding carboxylic acids is 2. The van der Waals surface area contributed by atoms with E-state index in [-0.39, 0.29) is 24.2 Å². The molecule has 0 aliphatic carbocycles. The number of hydrogen-bond donors (Lipinski definition) is 2. The Kier molecular flexibility index (Phi) is 3.82. The Morgan fingerprint density at radius 1 is 1.53 bits per heavy atom. The Bertz CT molecular complexity index is 265. The number of amides is 2. The van der Waals surface area contributed by atoms with Crippen LogP contribution in [0.2, 0.25) is 0 Å². The number of aliphatic hydroxyl groups is 1. The van der Waals surface area contributed by atoms with E-state index >= 15 is 0 Å². The van der Waals surface area contributed by atoms with Gasteiger partial charge in [0.1, 0.15) is 0 Å². The van der Waals surface area contributed by atoms with Crippen molar-refractivity contribution in [3.63, 3.8) is 0 Å². The average Bonchev–Trinajstić information content (AvgIpc) is 2.42. The zero-order valence-electron chi connectivity index (χ0n) is 9.36. The van der Waals surface area contributed by atoms with Gasteiger partial charge in [0, 0.05) is 13.6 Å². The van der Waals surface area contributed by atoms with Crippen molar-refractivity contribution in [2.24, 2.45) is 5.92 Å². The van der Waals surface area contributed by atoms with E-state index in [0.29, 0.717) is 6.54 Å². The third-order valence-electron chi connectivity index (χ3n) is 2.72. The Labute approximate surface area is 89.4 Å². The highest BCUT2D eigenvalue weighted by Crippen LogP contribution is 2.10. The van der Waals surface area contributed by atoms with Gasteiger partial charge in [-0.3, -0.25) is 14.5 Å². The number of likely N-dealkylation sites (tertiary alicyclic amines) is 1. The van der Waals surface area contributed by atoms with Gasteiger partial charge in [0.15, 0.2) is 0 Å². The van der Waals surface area contributed by atoms with Crippen molar-refractivity contribution in [1.82, 2.24) is 10.2 Å². The van der Waals surface area contributed by atoms with Crippen molar-refractivity contribution in [3.05, 3.63) is 0 Å². The molecular weight excluding hydrogens is 196 g/mol. The Morgan fingerprint density at radius 3 is 2.53 bits per heavy atom. The topological polar surface area (TPSA) is 69.6 Å². The van der Waals surface area contributed by atoms with Gasteiger partial charge >= 0.3 is 0 Å². The van der Waals surface area contributed by atoms with E-state index in [0.717, 1.165) is 4.90 Å². The second-order valence-electron chi connectivity index (χ2n) is 4.27. The summed E-state index contributed by atoms with van der Waals surface area (Å²) in [4.78, 5) is 23.8. The minimum Gasteiger partial charge on any atom is -0.392 e. The van der Waals surface area contributed by atoms with Crippen LogP contribution in [0.1, 0.15) is 20.3 Å². The SMILES string of the molecule is CC(C)C(O)CNC1CC(=O)N(C)C1=O. The van der Waals surface area contributed by atoms with Crippen LogP contribution in [0.5, 0.6) is 0 Å². The smallest absolute Gasteiger partial charge is 0.246 e. The number of carbonyl (C=O) groups is 2. The fourth-order valence-electron chi connectivity index (χ4n) is 1.41. The van der Waals surface area contributed by atoms with Gasteiger partial charge in [-0.1, -0.05) is 13.8 Å². The minimum absolute atomic E-state index is 0.141. The average molecular weight is 214 g/mol. The molecule has 15 heavy (non-hydrogen) atoms. The van der Waals surface area contributed by atoms with Gasteiger partial charge in [-0.2, -0.15) is 0 Å². The molecule has 1 rings (SSSR count). The van der Waals surface area contributed by atoms with Crippen LogP contribution in [0.4, 0.5) is 0 Å². The summed E-state index contributed by atoms with van der Waals surface area (Å²) in [7, 11) is 1.48. The van der Waals surface area contributed by atoms with E-state index in [4.69, 9.17) is 0 Å². The number of likely N-dealkylation sites (N-methyl/N-ethyl adjacent to an activating group) is 1. The molecule has 86 valence electrons. The van der Waals surface area contributed by atoms with Crippen molar-refractivity contribution in [3.8, 4) is 0 Å². The third kappa shape index (κ3) is 2.76. The molecule has 1 heterocycles. The predicted octanol–water partition coefficient (Wildman–Crippen LogP) is -0.650. The summed E-state index contributed by atoms with van der Waals surface area (Å²) < 4.78 is 0. The molecule has 2 atom stereocenters. The molecule has 0 aromatic rings. The number of aliphatic hydroxyl groups excluding tert-OH is 1. The molecule has 2 N–H and O–H groups in total. The summed E-state index contributed by atoms with van der Waals surface area (Å²) in [5, 5.41) is 12.4. The molecule has 1 fully saturated rings. The fraction of sp³-hybridized carbons (Fsp3) is 0.800. The van der Waals surface area contributed by atoms with Gasteiger partial charge in [0.05, 0.1) is 18.6 Å². The fourth-order valence-corrected chi connectivity index (χ4v) is 1.41. The molecule has 1 saturated heterocycles. The second kappa shape index (κ2) is 4.72. The van der Waals surface area contributed by atoms with Gasteiger partial charge in [-0.25, -0.2) is 0 Å². The molecule has 0 bridgehead atoms. The summed E-state index contributed by atoms with van der Waals surface area (Å²) in [6.45, 7) is 4.15. The van der Waals surface area contributed by atoms with Crippen molar-refractivity contribution < 1.29 is 14.7 Å². The molecule has 0 aromatic heterocycles. The number of nitrogens with zero attached hydrogens (tertiary/aromatic N) is 1.